The van der Waals surface area contributed by atoms with E-state index in [1.165, 1.54) is 6.07 Å². The second kappa shape index (κ2) is 3.45. The maximum absolute atomic E-state index is 13.9. The van der Waals surface area contributed by atoms with Gasteiger partial charge in [0.2, 0.25) is 0 Å². The Morgan fingerprint density at radius 3 is 2.82 bits per heavy atom. The molecule has 3 rings (SSSR count). The Hall–Kier alpha value is -1.58. The summed E-state index contributed by atoms with van der Waals surface area (Å²) >= 11 is 0. The van der Waals surface area contributed by atoms with Crippen molar-refractivity contribution in [2.75, 3.05) is 18.0 Å². The number of hydrogen-bond donors (Lipinski definition) is 1. The maximum Gasteiger partial charge on any atom is 0.323 e. The van der Waals surface area contributed by atoms with Gasteiger partial charge in [0, 0.05) is 23.2 Å². The van der Waals surface area contributed by atoms with Crippen LogP contribution in [0.15, 0.2) is 18.2 Å². The second-order valence-electron chi connectivity index (χ2n) is 5.02. The Labute approximate surface area is 98.9 Å². The molecule has 17 heavy (non-hydrogen) atoms. The van der Waals surface area contributed by atoms with Gasteiger partial charge in [-0.2, -0.15) is 0 Å². The van der Waals surface area contributed by atoms with Crippen LogP contribution in [0.4, 0.5) is 10.1 Å². The van der Waals surface area contributed by atoms with E-state index in [1.807, 2.05) is 6.07 Å². The summed E-state index contributed by atoms with van der Waals surface area (Å²) in [6.45, 7) is 0.605. The molecule has 1 aliphatic carbocycles. The van der Waals surface area contributed by atoms with Crippen molar-refractivity contribution in [1.29, 1.82) is 0 Å². The summed E-state index contributed by atoms with van der Waals surface area (Å²) in [5, 5.41) is 8.89. The van der Waals surface area contributed by atoms with Crippen molar-refractivity contribution in [3.8, 4) is 0 Å². The highest BCUT2D eigenvalue weighted by Gasteiger charge is 2.48. The van der Waals surface area contributed by atoms with Gasteiger partial charge in [-0.05, 0) is 25.0 Å². The number of halogens is 1. The molecule has 1 N–H and O–H groups in total. The molecule has 0 radical (unpaired) electrons. The molecule has 0 amide bonds. The van der Waals surface area contributed by atoms with Crippen LogP contribution in [0, 0.1) is 5.82 Å². The molecular formula is C13H14FNO2. The third kappa shape index (κ3) is 1.43. The average molecular weight is 235 g/mol. The molecule has 1 aromatic rings. The van der Waals surface area contributed by atoms with E-state index in [0.29, 0.717) is 6.54 Å². The van der Waals surface area contributed by atoms with E-state index in [2.05, 4.69) is 0 Å². The normalized spacial score (nSPS) is 20.2. The topological polar surface area (TPSA) is 40.5 Å². The van der Waals surface area contributed by atoms with E-state index in [9.17, 15) is 9.18 Å². The summed E-state index contributed by atoms with van der Waals surface area (Å²) in [5.41, 5.74) is 1.40. The molecule has 0 atom stereocenters. The van der Waals surface area contributed by atoms with Crippen LogP contribution in [0.5, 0.6) is 0 Å². The Morgan fingerprint density at radius 2 is 2.24 bits per heavy atom. The number of carboxylic acids is 1. The van der Waals surface area contributed by atoms with E-state index in [-0.39, 0.29) is 17.8 Å². The Morgan fingerprint density at radius 1 is 1.47 bits per heavy atom. The number of benzene rings is 1. The summed E-state index contributed by atoms with van der Waals surface area (Å²) in [6.07, 6.45) is 3.04. The smallest absolute Gasteiger partial charge is 0.323 e. The monoisotopic (exact) mass is 235 g/mol. The number of rotatable bonds is 2. The van der Waals surface area contributed by atoms with Crippen molar-refractivity contribution in [1.82, 2.24) is 0 Å². The number of carbonyl (C=O) groups is 1. The lowest BCUT2D eigenvalue weighted by atomic mass is 9.65. The summed E-state index contributed by atoms with van der Waals surface area (Å²) < 4.78 is 13.9. The first-order valence-corrected chi connectivity index (χ1v) is 5.88. The van der Waals surface area contributed by atoms with E-state index in [1.54, 1.807) is 11.0 Å². The summed E-state index contributed by atoms with van der Waals surface area (Å²) in [5.74, 6) is -1.05. The van der Waals surface area contributed by atoms with Crippen molar-refractivity contribution in [3.05, 3.63) is 29.6 Å². The maximum atomic E-state index is 13.9. The molecule has 2 aliphatic rings. The first-order valence-electron chi connectivity index (χ1n) is 5.88. The fourth-order valence-corrected chi connectivity index (χ4v) is 3.15. The average Bonchev–Trinajstić information content (AvgIpc) is 2.53. The largest absolute Gasteiger partial charge is 0.480 e. The van der Waals surface area contributed by atoms with Gasteiger partial charge < -0.3 is 10.0 Å². The third-order valence-corrected chi connectivity index (χ3v) is 3.99. The van der Waals surface area contributed by atoms with Gasteiger partial charge in [0.1, 0.15) is 12.4 Å². The Balaban J connectivity index is 2.05. The van der Waals surface area contributed by atoms with Gasteiger partial charge in [-0.25, -0.2) is 4.39 Å². The van der Waals surface area contributed by atoms with Crippen molar-refractivity contribution in [2.24, 2.45) is 0 Å². The second-order valence-corrected chi connectivity index (χ2v) is 5.02. The lowest BCUT2D eigenvalue weighted by Gasteiger charge is -2.39. The Bertz CT molecular complexity index is 482. The molecule has 3 nitrogen and oxygen atoms in total. The van der Waals surface area contributed by atoms with E-state index in [4.69, 9.17) is 5.11 Å². The quantitative estimate of drug-likeness (QED) is 0.853. The molecule has 4 heteroatoms. The molecule has 1 aromatic carbocycles. The highest BCUT2D eigenvalue weighted by atomic mass is 19.1. The standard InChI is InChI=1S/C13H14FNO2/c14-9-3-1-4-10-12(9)13(5-2-6-13)8-15(10)7-11(16)17/h1,3-4H,2,5-8H2,(H,16,17). The minimum Gasteiger partial charge on any atom is -0.480 e. The number of aliphatic carboxylic acids is 1. The van der Waals surface area contributed by atoms with Gasteiger partial charge in [0.25, 0.3) is 0 Å². The van der Waals surface area contributed by atoms with Crippen LogP contribution >= 0.6 is 0 Å². The predicted molar refractivity (Wildman–Crippen MR) is 61.8 cm³/mol. The van der Waals surface area contributed by atoms with Gasteiger partial charge in [-0.1, -0.05) is 12.5 Å². The van der Waals surface area contributed by atoms with Crippen LogP contribution in [-0.2, 0) is 10.2 Å². The molecule has 0 unspecified atom stereocenters. The summed E-state index contributed by atoms with van der Waals surface area (Å²) in [6, 6.07) is 4.96. The molecule has 0 aromatic heterocycles. The first kappa shape index (κ1) is 10.6. The van der Waals surface area contributed by atoms with Gasteiger partial charge in [-0.15, -0.1) is 0 Å². The third-order valence-electron chi connectivity index (χ3n) is 3.99. The molecule has 1 spiro atoms. The summed E-state index contributed by atoms with van der Waals surface area (Å²) in [4.78, 5) is 12.6. The number of fused-ring (bicyclic) bond motifs is 2. The fraction of sp³-hybridized carbons (Fsp3) is 0.462. The van der Waals surface area contributed by atoms with Crippen LogP contribution in [0.2, 0.25) is 0 Å². The molecular weight excluding hydrogens is 221 g/mol. The van der Waals surface area contributed by atoms with Crippen LogP contribution in [-0.4, -0.2) is 24.2 Å². The van der Waals surface area contributed by atoms with Crippen LogP contribution in [0.3, 0.4) is 0 Å². The minimum absolute atomic E-state index is 0.0434. The minimum atomic E-state index is -0.864. The Kier molecular flexibility index (Phi) is 2.15. The fourth-order valence-electron chi connectivity index (χ4n) is 3.15. The van der Waals surface area contributed by atoms with E-state index in [0.717, 1.165) is 30.5 Å². The zero-order valence-corrected chi connectivity index (χ0v) is 9.45. The van der Waals surface area contributed by atoms with Gasteiger partial charge in [0.15, 0.2) is 0 Å². The van der Waals surface area contributed by atoms with Gasteiger partial charge in [-0.3, -0.25) is 4.79 Å². The lowest BCUT2D eigenvalue weighted by molar-refractivity contribution is -0.135. The van der Waals surface area contributed by atoms with Crippen molar-refractivity contribution in [2.45, 2.75) is 24.7 Å². The van der Waals surface area contributed by atoms with Crippen molar-refractivity contribution < 1.29 is 14.3 Å². The highest BCUT2D eigenvalue weighted by molar-refractivity contribution is 5.76. The van der Waals surface area contributed by atoms with E-state index >= 15 is 0 Å². The van der Waals surface area contributed by atoms with Crippen LogP contribution < -0.4 is 4.90 Å². The number of nitrogens with zero attached hydrogens (tertiary/aromatic N) is 1. The van der Waals surface area contributed by atoms with Gasteiger partial charge >= 0.3 is 5.97 Å². The molecule has 0 bridgehead atoms. The SMILES string of the molecule is O=C(O)CN1CC2(CCC2)c2c(F)cccc21. The van der Waals surface area contributed by atoms with Crippen LogP contribution in [0.25, 0.3) is 0 Å². The zero-order valence-electron chi connectivity index (χ0n) is 9.45. The van der Waals surface area contributed by atoms with Gasteiger partial charge in [0.05, 0.1) is 0 Å². The molecule has 90 valence electrons. The predicted octanol–water partition coefficient (Wildman–Crippen LogP) is 2.15. The number of anilines is 1. The van der Waals surface area contributed by atoms with E-state index < -0.39 is 5.97 Å². The lowest BCUT2D eigenvalue weighted by Crippen LogP contribution is -2.41. The summed E-state index contributed by atoms with van der Waals surface area (Å²) in [7, 11) is 0. The zero-order chi connectivity index (χ0) is 12.0. The van der Waals surface area contributed by atoms with Crippen molar-refractivity contribution in [3.63, 3.8) is 0 Å². The first-order chi connectivity index (χ1) is 8.12. The highest BCUT2D eigenvalue weighted by Crippen LogP contribution is 2.53. The molecule has 1 aliphatic heterocycles. The number of carboxylic acid groups (broad SMARTS) is 1. The molecule has 1 heterocycles. The molecule has 0 saturated heterocycles. The van der Waals surface area contributed by atoms with Crippen molar-refractivity contribution >= 4 is 11.7 Å². The molecule has 1 saturated carbocycles. The van der Waals surface area contributed by atoms with Crippen LogP contribution in [0.1, 0.15) is 24.8 Å². The number of hydrogen-bond acceptors (Lipinski definition) is 2. The molecule has 1 fully saturated rings.